The van der Waals surface area contributed by atoms with Gasteiger partial charge in [0.15, 0.2) is 0 Å². The molecule has 0 aromatic heterocycles. The van der Waals surface area contributed by atoms with Crippen molar-refractivity contribution < 1.29 is 19.0 Å². The van der Waals surface area contributed by atoms with E-state index in [1.54, 1.807) is 0 Å². The molecule has 3 nitrogen and oxygen atoms in total. The summed E-state index contributed by atoms with van der Waals surface area (Å²) in [4.78, 5) is 2.01. The van der Waals surface area contributed by atoms with E-state index in [0.29, 0.717) is 31.8 Å². The van der Waals surface area contributed by atoms with Crippen molar-refractivity contribution in [3.05, 3.63) is 34.9 Å². The van der Waals surface area contributed by atoms with Crippen molar-refractivity contribution in [2.75, 3.05) is 19.7 Å². The highest BCUT2D eigenvalue weighted by Gasteiger charge is 2.28. The smallest absolute Gasteiger partial charge is 0.129 e. The largest absolute Gasteiger partial charge is 0.395 e. The van der Waals surface area contributed by atoms with Crippen LogP contribution in [0.1, 0.15) is 42.7 Å². The number of likely N-dealkylation sites (tertiary alicyclic amines) is 1. The molecule has 1 aliphatic heterocycles. The number of aliphatic hydroxyl groups excluding tert-OH is 2. The predicted octanol–water partition coefficient (Wildman–Crippen LogP) is 2.20. The molecule has 3 rings (SSSR count). The van der Waals surface area contributed by atoms with Crippen molar-refractivity contribution >= 4 is 0 Å². The van der Waals surface area contributed by atoms with Gasteiger partial charge in [0, 0.05) is 24.7 Å². The third kappa shape index (κ3) is 3.47. The lowest BCUT2D eigenvalue weighted by Crippen LogP contribution is -2.47. The molecule has 1 aromatic rings. The van der Waals surface area contributed by atoms with Crippen molar-refractivity contribution in [3.8, 4) is 0 Å². The molecule has 2 fully saturated rings. The molecular weight excluding hydrogens is 288 g/mol. The second kappa shape index (κ2) is 6.60. The molecule has 0 radical (unpaired) electrons. The van der Waals surface area contributed by atoms with Crippen LogP contribution in [0.4, 0.5) is 8.78 Å². The predicted molar refractivity (Wildman–Crippen MR) is 79.7 cm³/mol. The van der Waals surface area contributed by atoms with Crippen LogP contribution in [-0.4, -0.2) is 47.0 Å². The maximum atomic E-state index is 14.1. The number of hydrogen-bond acceptors (Lipinski definition) is 3. The van der Waals surface area contributed by atoms with Crippen molar-refractivity contribution in [3.63, 3.8) is 0 Å². The minimum Gasteiger partial charge on any atom is -0.395 e. The monoisotopic (exact) mass is 311 g/mol. The van der Waals surface area contributed by atoms with Gasteiger partial charge in [-0.25, -0.2) is 8.78 Å². The molecule has 1 aliphatic carbocycles. The first-order valence-corrected chi connectivity index (χ1v) is 8.09. The van der Waals surface area contributed by atoms with Gasteiger partial charge in [-0.2, -0.15) is 0 Å². The van der Waals surface area contributed by atoms with Crippen LogP contribution in [0.3, 0.4) is 0 Å². The number of nitrogens with zero attached hydrogens (tertiary/aromatic N) is 1. The van der Waals surface area contributed by atoms with Gasteiger partial charge in [-0.1, -0.05) is 0 Å². The molecule has 1 heterocycles. The summed E-state index contributed by atoms with van der Waals surface area (Å²) in [6.07, 6.45) is 3.10. The third-order valence-electron chi connectivity index (χ3n) is 4.88. The minimum atomic E-state index is -0.459. The molecule has 2 N–H and O–H groups in total. The van der Waals surface area contributed by atoms with Gasteiger partial charge in [-0.15, -0.1) is 0 Å². The van der Waals surface area contributed by atoms with Gasteiger partial charge in [0.05, 0.1) is 12.7 Å². The summed E-state index contributed by atoms with van der Waals surface area (Å²) in [6.45, 7) is 1.10. The normalized spacial score (nSPS) is 26.4. The highest BCUT2D eigenvalue weighted by Crippen LogP contribution is 2.41. The molecule has 22 heavy (non-hydrogen) atoms. The molecule has 2 unspecified atom stereocenters. The van der Waals surface area contributed by atoms with Crippen molar-refractivity contribution in [1.29, 1.82) is 0 Å². The lowest BCUT2D eigenvalue weighted by molar-refractivity contribution is 0.0175. The number of piperidine rings is 1. The Labute approximate surface area is 129 Å². The van der Waals surface area contributed by atoms with E-state index in [9.17, 15) is 19.0 Å². The third-order valence-corrected chi connectivity index (χ3v) is 4.88. The lowest BCUT2D eigenvalue weighted by Gasteiger charge is -2.36. The van der Waals surface area contributed by atoms with Crippen LogP contribution in [-0.2, 0) is 6.42 Å². The molecule has 1 saturated heterocycles. The highest BCUT2D eigenvalue weighted by atomic mass is 19.1. The van der Waals surface area contributed by atoms with Crippen LogP contribution in [0, 0.1) is 11.6 Å². The average Bonchev–Trinajstić information content (AvgIpc) is 3.32. The molecule has 1 saturated carbocycles. The average molecular weight is 311 g/mol. The Morgan fingerprint density at radius 1 is 1.14 bits per heavy atom. The summed E-state index contributed by atoms with van der Waals surface area (Å²) in [5.74, 6) is -0.584. The van der Waals surface area contributed by atoms with E-state index in [1.165, 1.54) is 12.1 Å². The molecule has 1 aromatic carbocycles. The standard InChI is InChI=1S/C17H23F2NO2/c18-16-7-12(11-1-2-11)8-17(19)15(16)4-6-20-5-3-14(22)9-13(20)10-21/h7-8,11,13-14,21-22H,1-6,9-10H2. The summed E-state index contributed by atoms with van der Waals surface area (Å²) < 4.78 is 28.3. The van der Waals surface area contributed by atoms with E-state index < -0.39 is 11.6 Å². The fourth-order valence-corrected chi connectivity index (χ4v) is 3.33. The van der Waals surface area contributed by atoms with Crippen LogP contribution in [0.5, 0.6) is 0 Å². The van der Waals surface area contributed by atoms with Gasteiger partial charge in [0.25, 0.3) is 0 Å². The maximum Gasteiger partial charge on any atom is 0.129 e. The Hall–Kier alpha value is -1.04. The fraction of sp³-hybridized carbons (Fsp3) is 0.647. The molecule has 0 amide bonds. The first-order chi connectivity index (χ1) is 10.6. The van der Waals surface area contributed by atoms with E-state index in [4.69, 9.17) is 0 Å². The number of halogens is 2. The second-order valence-electron chi connectivity index (χ2n) is 6.54. The van der Waals surface area contributed by atoms with E-state index in [-0.39, 0.29) is 30.7 Å². The summed E-state index contributed by atoms with van der Waals surface area (Å²) in [5.41, 5.74) is 0.903. The van der Waals surface area contributed by atoms with Crippen molar-refractivity contribution in [1.82, 2.24) is 4.90 Å². The number of benzene rings is 1. The van der Waals surface area contributed by atoms with Gasteiger partial charge >= 0.3 is 0 Å². The molecular formula is C17H23F2NO2. The number of aliphatic hydroxyl groups is 2. The highest BCUT2D eigenvalue weighted by molar-refractivity contribution is 5.31. The first kappa shape index (κ1) is 15.8. The van der Waals surface area contributed by atoms with Crippen LogP contribution in [0.15, 0.2) is 12.1 Å². The first-order valence-electron chi connectivity index (χ1n) is 8.09. The number of rotatable bonds is 5. The van der Waals surface area contributed by atoms with E-state index >= 15 is 0 Å². The van der Waals surface area contributed by atoms with Crippen LogP contribution in [0.25, 0.3) is 0 Å². The van der Waals surface area contributed by atoms with Gasteiger partial charge in [-0.05, 0) is 55.7 Å². The second-order valence-corrected chi connectivity index (χ2v) is 6.54. The van der Waals surface area contributed by atoms with Gasteiger partial charge in [0.2, 0.25) is 0 Å². The lowest BCUT2D eigenvalue weighted by atomic mass is 9.98. The topological polar surface area (TPSA) is 43.7 Å². The summed E-state index contributed by atoms with van der Waals surface area (Å²) >= 11 is 0. The Morgan fingerprint density at radius 3 is 2.41 bits per heavy atom. The van der Waals surface area contributed by atoms with Crippen LogP contribution in [0.2, 0.25) is 0 Å². The Balaban J connectivity index is 1.65. The van der Waals surface area contributed by atoms with E-state index in [0.717, 1.165) is 18.4 Å². The Morgan fingerprint density at radius 2 is 1.82 bits per heavy atom. The maximum absolute atomic E-state index is 14.1. The zero-order chi connectivity index (χ0) is 15.7. The Kier molecular flexibility index (Phi) is 4.76. The molecule has 5 heteroatoms. The summed E-state index contributed by atoms with van der Waals surface area (Å²) in [5, 5.41) is 19.0. The quantitative estimate of drug-likeness (QED) is 0.876. The molecule has 2 atom stereocenters. The zero-order valence-corrected chi connectivity index (χ0v) is 12.6. The summed E-state index contributed by atoms with van der Waals surface area (Å²) in [6, 6.07) is 2.82. The zero-order valence-electron chi connectivity index (χ0n) is 12.6. The van der Waals surface area contributed by atoms with Crippen LogP contribution < -0.4 is 0 Å². The Bertz CT molecular complexity index is 510. The van der Waals surface area contributed by atoms with Gasteiger partial charge in [0.1, 0.15) is 11.6 Å². The molecule has 0 spiro atoms. The molecule has 122 valence electrons. The van der Waals surface area contributed by atoms with Crippen LogP contribution >= 0.6 is 0 Å². The molecule has 2 aliphatic rings. The molecule has 0 bridgehead atoms. The summed E-state index contributed by atoms with van der Waals surface area (Å²) in [7, 11) is 0. The van der Waals surface area contributed by atoms with Crippen molar-refractivity contribution in [2.45, 2.75) is 50.2 Å². The van der Waals surface area contributed by atoms with E-state index in [2.05, 4.69) is 0 Å². The van der Waals surface area contributed by atoms with Crippen molar-refractivity contribution in [2.24, 2.45) is 0 Å². The fourth-order valence-electron chi connectivity index (χ4n) is 3.33. The SMILES string of the molecule is OCC1CC(O)CCN1CCc1c(F)cc(C2CC2)cc1F. The minimum absolute atomic E-state index is 0.0390. The number of hydrogen-bond donors (Lipinski definition) is 2. The van der Waals surface area contributed by atoms with Gasteiger partial charge in [-0.3, -0.25) is 4.90 Å². The van der Waals surface area contributed by atoms with E-state index in [1.807, 2.05) is 4.90 Å². The van der Waals surface area contributed by atoms with Gasteiger partial charge < -0.3 is 10.2 Å².